The maximum absolute atomic E-state index is 12.7. The Bertz CT molecular complexity index is 948. The molecule has 1 N–H and O–H groups in total. The fourth-order valence-corrected chi connectivity index (χ4v) is 4.37. The molecule has 1 fully saturated rings. The summed E-state index contributed by atoms with van der Waals surface area (Å²) < 4.78 is 0. The summed E-state index contributed by atoms with van der Waals surface area (Å²) in [5.41, 5.74) is 4.04. The maximum Gasteiger partial charge on any atom is 0.230 e. The van der Waals surface area contributed by atoms with Gasteiger partial charge in [-0.25, -0.2) is 4.98 Å². The van der Waals surface area contributed by atoms with Crippen LogP contribution in [0.2, 0.25) is 0 Å². The van der Waals surface area contributed by atoms with E-state index in [-0.39, 0.29) is 5.91 Å². The van der Waals surface area contributed by atoms with Gasteiger partial charge in [-0.15, -0.1) is 11.3 Å². The Morgan fingerprint density at radius 2 is 1.76 bits per heavy atom. The molecule has 1 saturated heterocycles. The number of benzene rings is 2. The largest absolute Gasteiger partial charge is 0.367 e. The Hall–Kier alpha value is -2.70. The highest BCUT2D eigenvalue weighted by Crippen LogP contribution is 2.26. The number of hydrogen-bond acceptors (Lipinski definition) is 5. The number of amides is 1. The van der Waals surface area contributed by atoms with Crippen LogP contribution in [0.1, 0.15) is 16.3 Å². The van der Waals surface area contributed by atoms with E-state index in [1.54, 1.807) is 11.3 Å². The molecule has 0 radical (unpaired) electrons. The van der Waals surface area contributed by atoms with Crippen molar-refractivity contribution in [1.29, 1.82) is 0 Å². The second-order valence-electron chi connectivity index (χ2n) is 7.43. The first kappa shape index (κ1) is 19.6. The third kappa shape index (κ3) is 5.22. The first-order valence-corrected chi connectivity index (χ1v) is 10.8. The number of para-hydroxylation sites is 2. The lowest BCUT2D eigenvalue weighted by atomic mass is 10.2. The molecule has 150 valence electrons. The smallest absolute Gasteiger partial charge is 0.230 e. The number of nitrogens with zero attached hydrogens (tertiary/aromatic N) is 3. The van der Waals surface area contributed by atoms with E-state index in [0.29, 0.717) is 6.42 Å². The van der Waals surface area contributed by atoms with Crippen LogP contribution in [0.5, 0.6) is 0 Å². The van der Waals surface area contributed by atoms with Crippen molar-refractivity contribution in [3.8, 4) is 0 Å². The molecule has 2 aromatic carbocycles. The van der Waals surface area contributed by atoms with Crippen LogP contribution < -0.4 is 10.2 Å². The molecule has 0 aliphatic carbocycles. The van der Waals surface area contributed by atoms with Crippen LogP contribution in [0, 0.1) is 0 Å². The summed E-state index contributed by atoms with van der Waals surface area (Å²) in [5, 5.41) is 6.13. The molecule has 1 aliphatic rings. The van der Waals surface area contributed by atoms with Gasteiger partial charge in [-0.3, -0.25) is 4.79 Å². The van der Waals surface area contributed by atoms with Gasteiger partial charge in [0.05, 0.1) is 28.5 Å². The summed E-state index contributed by atoms with van der Waals surface area (Å²) >= 11 is 1.61. The van der Waals surface area contributed by atoms with Crippen molar-refractivity contribution in [2.45, 2.75) is 12.8 Å². The van der Waals surface area contributed by atoms with E-state index in [9.17, 15) is 4.79 Å². The molecule has 1 aliphatic heterocycles. The highest BCUT2D eigenvalue weighted by molar-refractivity contribution is 7.09. The van der Waals surface area contributed by atoms with E-state index >= 15 is 0 Å². The van der Waals surface area contributed by atoms with Gasteiger partial charge in [0.1, 0.15) is 0 Å². The van der Waals surface area contributed by atoms with Crippen molar-refractivity contribution in [2.24, 2.45) is 0 Å². The van der Waals surface area contributed by atoms with Crippen LogP contribution in [0.15, 0.2) is 60.0 Å². The van der Waals surface area contributed by atoms with Crippen molar-refractivity contribution in [1.82, 2.24) is 9.88 Å². The van der Waals surface area contributed by atoms with Crippen LogP contribution >= 0.6 is 11.3 Å². The van der Waals surface area contributed by atoms with Gasteiger partial charge in [0.15, 0.2) is 0 Å². The Morgan fingerprint density at radius 1 is 1.03 bits per heavy atom. The lowest BCUT2D eigenvalue weighted by Gasteiger charge is -2.35. The molecule has 0 atom stereocenters. The van der Waals surface area contributed by atoms with Gasteiger partial charge < -0.3 is 15.1 Å². The quantitative estimate of drug-likeness (QED) is 0.679. The molecule has 0 saturated carbocycles. The maximum atomic E-state index is 12.7. The average molecular weight is 407 g/mol. The molecule has 29 heavy (non-hydrogen) atoms. The molecular formula is C23H26N4OS. The van der Waals surface area contributed by atoms with Crippen molar-refractivity contribution in [3.05, 3.63) is 76.2 Å². The van der Waals surface area contributed by atoms with Gasteiger partial charge in [-0.1, -0.05) is 42.5 Å². The molecule has 6 heteroatoms. The standard InChI is InChI=1S/C23H26N4OS/c1-26-11-13-27(14-12-26)21-10-6-5-9-20(21)25-22(28)16-19-17-29-23(24-19)15-18-7-3-2-4-8-18/h2-10,17H,11-16H2,1H3,(H,25,28). The number of piperazine rings is 1. The van der Waals surface area contributed by atoms with E-state index < -0.39 is 0 Å². The van der Waals surface area contributed by atoms with Crippen molar-refractivity contribution in [3.63, 3.8) is 0 Å². The minimum absolute atomic E-state index is 0.0249. The molecule has 4 rings (SSSR count). The average Bonchev–Trinajstić information content (AvgIpc) is 3.16. The predicted molar refractivity (Wildman–Crippen MR) is 120 cm³/mol. The van der Waals surface area contributed by atoms with Gasteiger partial charge in [0.25, 0.3) is 0 Å². The number of hydrogen-bond donors (Lipinski definition) is 1. The number of rotatable bonds is 6. The number of likely N-dealkylation sites (N-methyl/N-ethyl adjacent to an activating group) is 1. The zero-order valence-corrected chi connectivity index (χ0v) is 17.5. The van der Waals surface area contributed by atoms with Gasteiger partial charge in [0, 0.05) is 38.0 Å². The Morgan fingerprint density at radius 3 is 2.55 bits per heavy atom. The van der Waals surface area contributed by atoms with E-state index in [4.69, 9.17) is 0 Å². The normalized spacial score (nSPS) is 14.7. The summed E-state index contributed by atoms with van der Waals surface area (Å²) in [7, 11) is 2.14. The Kier molecular flexibility index (Phi) is 6.22. The minimum Gasteiger partial charge on any atom is -0.367 e. The van der Waals surface area contributed by atoms with Gasteiger partial charge in [0.2, 0.25) is 5.91 Å². The fraction of sp³-hybridized carbons (Fsp3) is 0.304. The van der Waals surface area contributed by atoms with E-state index in [1.807, 2.05) is 41.8 Å². The molecule has 1 amide bonds. The first-order chi connectivity index (χ1) is 14.2. The number of carbonyl (C=O) groups is 1. The van der Waals surface area contributed by atoms with E-state index in [2.05, 4.69) is 45.3 Å². The van der Waals surface area contributed by atoms with Crippen LogP contribution in [-0.2, 0) is 17.6 Å². The van der Waals surface area contributed by atoms with Crippen molar-refractivity contribution < 1.29 is 4.79 Å². The zero-order valence-electron chi connectivity index (χ0n) is 16.7. The van der Waals surface area contributed by atoms with Crippen LogP contribution in [0.4, 0.5) is 11.4 Å². The first-order valence-electron chi connectivity index (χ1n) is 9.97. The number of anilines is 2. The van der Waals surface area contributed by atoms with E-state index in [0.717, 1.165) is 54.7 Å². The molecule has 2 heterocycles. The molecule has 5 nitrogen and oxygen atoms in total. The molecule has 3 aromatic rings. The van der Waals surface area contributed by atoms with Gasteiger partial charge in [-0.05, 0) is 24.7 Å². The van der Waals surface area contributed by atoms with Gasteiger partial charge in [-0.2, -0.15) is 0 Å². The fourth-order valence-electron chi connectivity index (χ4n) is 3.54. The third-order valence-corrected chi connectivity index (χ3v) is 6.06. The summed E-state index contributed by atoms with van der Waals surface area (Å²) in [4.78, 5) is 22.0. The lowest BCUT2D eigenvalue weighted by Crippen LogP contribution is -2.44. The number of thiazole rings is 1. The van der Waals surface area contributed by atoms with Gasteiger partial charge >= 0.3 is 0 Å². The lowest BCUT2D eigenvalue weighted by molar-refractivity contribution is -0.115. The highest BCUT2D eigenvalue weighted by atomic mass is 32.1. The van der Waals surface area contributed by atoms with Crippen molar-refractivity contribution >= 4 is 28.6 Å². The topological polar surface area (TPSA) is 48.5 Å². The monoisotopic (exact) mass is 406 g/mol. The van der Waals surface area contributed by atoms with Crippen molar-refractivity contribution in [2.75, 3.05) is 43.4 Å². The number of aromatic nitrogens is 1. The zero-order chi connectivity index (χ0) is 20.1. The van der Waals surface area contributed by atoms with Crippen LogP contribution in [0.3, 0.4) is 0 Å². The minimum atomic E-state index is -0.0249. The van der Waals surface area contributed by atoms with E-state index in [1.165, 1.54) is 5.56 Å². The van der Waals surface area contributed by atoms with Crippen LogP contribution in [-0.4, -0.2) is 49.0 Å². The second kappa shape index (κ2) is 9.20. The SMILES string of the molecule is CN1CCN(c2ccccc2NC(=O)Cc2csc(Cc3ccccc3)n2)CC1. The third-order valence-electron chi connectivity index (χ3n) is 5.16. The molecule has 0 spiro atoms. The molecular weight excluding hydrogens is 380 g/mol. The summed E-state index contributed by atoms with van der Waals surface area (Å²) in [6, 6.07) is 18.3. The molecule has 0 bridgehead atoms. The highest BCUT2D eigenvalue weighted by Gasteiger charge is 2.18. The number of carbonyl (C=O) groups excluding carboxylic acids is 1. The Labute approximate surface area is 176 Å². The summed E-state index contributed by atoms with van der Waals surface area (Å²) in [5.74, 6) is -0.0249. The predicted octanol–water partition coefficient (Wildman–Crippen LogP) is 3.67. The van der Waals surface area contributed by atoms with Crippen LogP contribution in [0.25, 0.3) is 0 Å². The Balaban J connectivity index is 1.38. The second-order valence-corrected chi connectivity index (χ2v) is 8.37. The number of nitrogens with one attached hydrogen (secondary N) is 1. The molecule has 1 aromatic heterocycles. The summed E-state index contributed by atoms with van der Waals surface area (Å²) in [6.07, 6.45) is 1.10. The summed E-state index contributed by atoms with van der Waals surface area (Å²) in [6.45, 7) is 4.01. The molecule has 0 unspecified atom stereocenters.